The molecule has 3 aromatic rings. The summed E-state index contributed by atoms with van der Waals surface area (Å²) in [7, 11) is 0. The molecule has 5 heteroatoms. The predicted molar refractivity (Wildman–Crippen MR) is 92.0 cm³/mol. The topological polar surface area (TPSA) is 46.9 Å². The van der Waals surface area contributed by atoms with Gasteiger partial charge in [-0.3, -0.25) is 4.79 Å². The van der Waals surface area contributed by atoms with E-state index >= 15 is 0 Å². The lowest BCUT2D eigenvalue weighted by Gasteiger charge is -2.10. The lowest BCUT2D eigenvalue weighted by Crippen LogP contribution is -2.27. The Kier molecular flexibility index (Phi) is 4.89. The Hall–Kier alpha value is -2.69. The number of aryl methyl sites for hydroxylation is 1. The molecular formula is C19H20FN3O. The number of halogens is 1. The van der Waals surface area contributed by atoms with Crippen LogP contribution in [-0.4, -0.2) is 15.5 Å². The normalized spacial score (nSPS) is 10.9. The highest BCUT2D eigenvalue weighted by Gasteiger charge is 2.12. The van der Waals surface area contributed by atoms with Crippen LogP contribution in [0.2, 0.25) is 0 Å². The van der Waals surface area contributed by atoms with E-state index in [1.54, 1.807) is 12.1 Å². The van der Waals surface area contributed by atoms with Crippen molar-refractivity contribution in [1.29, 1.82) is 0 Å². The third-order valence-electron chi connectivity index (χ3n) is 3.91. The van der Waals surface area contributed by atoms with Gasteiger partial charge in [0.15, 0.2) is 0 Å². The standard InChI is InChI=1S/C19H20FN3O/c1-2-5-18-22-16-6-3-4-7-17(16)23(18)13-19(24)21-12-14-8-10-15(20)11-9-14/h3-4,6-11H,2,5,12-13H2,1H3,(H,21,24). The van der Waals surface area contributed by atoms with Crippen LogP contribution < -0.4 is 5.32 Å². The summed E-state index contributed by atoms with van der Waals surface area (Å²) in [6.07, 6.45) is 1.81. The molecule has 24 heavy (non-hydrogen) atoms. The fraction of sp³-hybridized carbons (Fsp3) is 0.263. The van der Waals surface area contributed by atoms with Crippen molar-refractivity contribution in [2.24, 2.45) is 0 Å². The molecule has 0 aliphatic rings. The Morgan fingerprint density at radius 3 is 2.67 bits per heavy atom. The molecule has 3 rings (SSSR count). The Morgan fingerprint density at radius 1 is 1.17 bits per heavy atom. The number of amides is 1. The number of imidazole rings is 1. The number of hydrogen-bond acceptors (Lipinski definition) is 2. The molecule has 1 amide bonds. The highest BCUT2D eigenvalue weighted by atomic mass is 19.1. The summed E-state index contributed by atoms with van der Waals surface area (Å²) in [5.41, 5.74) is 2.75. The van der Waals surface area contributed by atoms with E-state index in [1.165, 1.54) is 12.1 Å². The molecule has 0 saturated carbocycles. The lowest BCUT2D eigenvalue weighted by molar-refractivity contribution is -0.121. The van der Waals surface area contributed by atoms with Crippen LogP contribution in [0.5, 0.6) is 0 Å². The first kappa shape index (κ1) is 16.2. The molecule has 0 radical (unpaired) electrons. The van der Waals surface area contributed by atoms with Crippen molar-refractivity contribution in [3.63, 3.8) is 0 Å². The molecule has 2 aromatic carbocycles. The van der Waals surface area contributed by atoms with Crippen molar-refractivity contribution < 1.29 is 9.18 Å². The second-order valence-electron chi connectivity index (χ2n) is 5.76. The van der Waals surface area contributed by atoms with Crippen molar-refractivity contribution in [3.8, 4) is 0 Å². The van der Waals surface area contributed by atoms with E-state index in [-0.39, 0.29) is 18.3 Å². The van der Waals surface area contributed by atoms with Crippen molar-refractivity contribution in [3.05, 3.63) is 65.7 Å². The van der Waals surface area contributed by atoms with E-state index in [1.807, 2.05) is 28.8 Å². The van der Waals surface area contributed by atoms with Crippen molar-refractivity contribution in [1.82, 2.24) is 14.9 Å². The predicted octanol–water partition coefficient (Wildman–Crippen LogP) is 3.44. The Balaban J connectivity index is 1.72. The Bertz CT molecular complexity index is 839. The number of carbonyl (C=O) groups is 1. The maximum atomic E-state index is 12.9. The van der Waals surface area contributed by atoms with Gasteiger partial charge in [-0.1, -0.05) is 31.2 Å². The number of benzene rings is 2. The quantitative estimate of drug-likeness (QED) is 0.754. The van der Waals surface area contributed by atoms with Crippen molar-refractivity contribution >= 4 is 16.9 Å². The Labute approximate surface area is 140 Å². The average Bonchev–Trinajstić information content (AvgIpc) is 2.92. The third-order valence-corrected chi connectivity index (χ3v) is 3.91. The van der Waals surface area contributed by atoms with E-state index in [2.05, 4.69) is 17.2 Å². The second kappa shape index (κ2) is 7.25. The summed E-state index contributed by atoms with van der Waals surface area (Å²) < 4.78 is 14.9. The molecule has 124 valence electrons. The first-order valence-electron chi connectivity index (χ1n) is 8.12. The van der Waals surface area contributed by atoms with Gasteiger partial charge in [0.2, 0.25) is 5.91 Å². The number of rotatable bonds is 6. The molecule has 0 spiro atoms. The van der Waals surface area contributed by atoms with Gasteiger partial charge in [0.05, 0.1) is 11.0 Å². The van der Waals surface area contributed by atoms with E-state index in [0.29, 0.717) is 6.54 Å². The van der Waals surface area contributed by atoms with E-state index in [9.17, 15) is 9.18 Å². The van der Waals surface area contributed by atoms with Crippen LogP contribution in [0.1, 0.15) is 24.7 Å². The summed E-state index contributed by atoms with van der Waals surface area (Å²) in [5.74, 6) is 0.564. The first-order valence-corrected chi connectivity index (χ1v) is 8.12. The van der Waals surface area contributed by atoms with Crippen molar-refractivity contribution in [2.75, 3.05) is 0 Å². The molecule has 0 fully saturated rings. The van der Waals surface area contributed by atoms with Gasteiger partial charge in [-0.15, -0.1) is 0 Å². The number of aromatic nitrogens is 2. The summed E-state index contributed by atoms with van der Waals surface area (Å²) in [6, 6.07) is 14.0. The zero-order valence-electron chi connectivity index (χ0n) is 13.6. The number of fused-ring (bicyclic) bond motifs is 1. The number of nitrogens with one attached hydrogen (secondary N) is 1. The van der Waals surface area contributed by atoms with Crippen LogP contribution in [0.25, 0.3) is 11.0 Å². The van der Waals surface area contributed by atoms with E-state index in [0.717, 1.165) is 35.3 Å². The number of para-hydroxylation sites is 2. The third kappa shape index (κ3) is 3.62. The monoisotopic (exact) mass is 325 g/mol. The minimum absolute atomic E-state index is 0.0835. The van der Waals surface area contributed by atoms with Gasteiger partial charge in [-0.2, -0.15) is 0 Å². The summed E-state index contributed by atoms with van der Waals surface area (Å²) >= 11 is 0. The van der Waals surface area contributed by atoms with Gasteiger partial charge < -0.3 is 9.88 Å². The molecular weight excluding hydrogens is 305 g/mol. The van der Waals surface area contributed by atoms with E-state index in [4.69, 9.17) is 0 Å². The fourth-order valence-corrected chi connectivity index (χ4v) is 2.72. The maximum absolute atomic E-state index is 12.9. The molecule has 4 nitrogen and oxygen atoms in total. The number of nitrogens with zero attached hydrogens (tertiary/aromatic N) is 2. The van der Waals surface area contributed by atoms with Crippen LogP contribution >= 0.6 is 0 Å². The smallest absolute Gasteiger partial charge is 0.240 e. The molecule has 0 atom stereocenters. The summed E-state index contributed by atoms with van der Waals surface area (Å²) in [6.45, 7) is 2.71. The fourth-order valence-electron chi connectivity index (χ4n) is 2.72. The van der Waals surface area contributed by atoms with Gasteiger partial charge in [-0.25, -0.2) is 9.37 Å². The highest BCUT2D eigenvalue weighted by molar-refractivity contribution is 5.81. The molecule has 1 N–H and O–H groups in total. The second-order valence-corrected chi connectivity index (χ2v) is 5.76. The van der Waals surface area contributed by atoms with Gasteiger partial charge >= 0.3 is 0 Å². The van der Waals surface area contributed by atoms with E-state index < -0.39 is 0 Å². The average molecular weight is 325 g/mol. The SMILES string of the molecule is CCCc1nc2ccccc2n1CC(=O)NCc1ccc(F)cc1. The molecule has 1 heterocycles. The molecule has 0 aliphatic heterocycles. The van der Waals surface area contributed by atoms with Crippen LogP contribution in [0.4, 0.5) is 4.39 Å². The Morgan fingerprint density at radius 2 is 1.92 bits per heavy atom. The maximum Gasteiger partial charge on any atom is 0.240 e. The van der Waals surface area contributed by atoms with Gasteiger partial charge in [-0.05, 0) is 36.2 Å². The van der Waals surface area contributed by atoms with Crippen molar-refractivity contribution in [2.45, 2.75) is 32.9 Å². The lowest BCUT2D eigenvalue weighted by atomic mass is 10.2. The number of carbonyl (C=O) groups excluding carboxylic acids is 1. The number of hydrogen-bond donors (Lipinski definition) is 1. The van der Waals surface area contributed by atoms with Gasteiger partial charge in [0.25, 0.3) is 0 Å². The molecule has 1 aromatic heterocycles. The zero-order valence-corrected chi connectivity index (χ0v) is 13.6. The summed E-state index contributed by atoms with van der Waals surface area (Å²) in [5, 5.41) is 2.88. The van der Waals surface area contributed by atoms with Crippen LogP contribution in [-0.2, 0) is 24.3 Å². The zero-order chi connectivity index (χ0) is 16.9. The largest absolute Gasteiger partial charge is 0.350 e. The molecule has 0 bridgehead atoms. The summed E-state index contributed by atoms with van der Waals surface area (Å²) in [4.78, 5) is 16.9. The minimum Gasteiger partial charge on any atom is -0.350 e. The highest BCUT2D eigenvalue weighted by Crippen LogP contribution is 2.17. The molecule has 0 saturated heterocycles. The van der Waals surface area contributed by atoms with Crippen LogP contribution in [0, 0.1) is 5.82 Å². The van der Waals surface area contributed by atoms with Crippen LogP contribution in [0.3, 0.4) is 0 Å². The molecule has 0 unspecified atom stereocenters. The van der Waals surface area contributed by atoms with Crippen LogP contribution in [0.15, 0.2) is 48.5 Å². The van der Waals surface area contributed by atoms with Gasteiger partial charge in [0, 0.05) is 13.0 Å². The van der Waals surface area contributed by atoms with Gasteiger partial charge in [0.1, 0.15) is 18.2 Å². The molecule has 0 aliphatic carbocycles. The minimum atomic E-state index is -0.279. The first-order chi connectivity index (χ1) is 11.7.